The second-order valence-corrected chi connectivity index (χ2v) is 9.78. The number of ether oxygens (including phenoxy) is 2. The molecule has 0 saturated carbocycles. The number of nitrogens with one attached hydrogen (secondary N) is 1. The molecule has 12 heteroatoms. The monoisotopic (exact) mass is 545 g/mol. The van der Waals surface area contributed by atoms with Crippen molar-refractivity contribution in [2.24, 2.45) is 7.05 Å². The number of aldehydes is 1. The number of pyridine rings is 1. The van der Waals surface area contributed by atoms with E-state index in [4.69, 9.17) is 14.5 Å². The van der Waals surface area contributed by atoms with E-state index in [1.165, 1.54) is 11.3 Å². The fourth-order valence-electron chi connectivity index (χ4n) is 4.35. The summed E-state index contributed by atoms with van der Waals surface area (Å²) in [6.45, 7) is 4.78. The van der Waals surface area contributed by atoms with E-state index < -0.39 is 0 Å². The van der Waals surface area contributed by atoms with E-state index in [2.05, 4.69) is 20.5 Å². The van der Waals surface area contributed by atoms with Crippen LogP contribution in [-0.4, -0.2) is 55.9 Å². The lowest BCUT2D eigenvalue weighted by Crippen LogP contribution is -2.24. The molecular formula is C27H27N7O4S. The summed E-state index contributed by atoms with van der Waals surface area (Å²) < 4.78 is 14.2. The van der Waals surface area contributed by atoms with E-state index in [0.29, 0.717) is 50.2 Å². The Balaban J connectivity index is 1.54. The van der Waals surface area contributed by atoms with Crippen LogP contribution in [0.1, 0.15) is 38.3 Å². The Morgan fingerprint density at radius 2 is 1.95 bits per heavy atom. The van der Waals surface area contributed by atoms with Crippen molar-refractivity contribution in [3.8, 4) is 33.6 Å². The number of fused-ring (bicyclic) bond motifs is 1. The molecule has 0 atom stereocenters. The van der Waals surface area contributed by atoms with Crippen molar-refractivity contribution in [3.05, 3.63) is 58.4 Å². The highest BCUT2D eigenvalue weighted by atomic mass is 32.1. The quantitative estimate of drug-likeness (QED) is 0.275. The summed E-state index contributed by atoms with van der Waals surface area (Å²) in [4.78, 5) is 35.3. The van der Waals surface area contributed by atoms with Crippen molar-refractivity contribution in [1.29, 1.82) is 0 Å². The Morgan fingerprint density at radius 3 is 2.67 bits per heavy atom. The van der Waals surface area contributed by atoms with E-state index in [1.54, 1.807) is 50.3 Å². The fraction of sp³-hybridized carbons (Fsp3) is 0.259. The molecule has 39 heavy (non-hydrogen) atoms. The van der Waals surface area contributed by atoms with E-state index >= 15 is 0 Å². The van der Waals surface area contributed by atoms with Gasteiger partial charge in [-0.05, 0) is 38.1 Å². The number of aromatic nitrogens is 6. The van der Waals surface area contributed by atoms with Gasteiger partial charge in [-0.25, -0.2) is 9.97 Å². The van der Waals surface area contributed by atoms with Crippen LogP contribution in [0.2, 0.25) is 0 Å². The third-order valence-electron chi connectivity index (χ3n) is 6.32. The number of carbonyl (C=O) groups is 2. The van der Waals surface area contributed by atoms with Gasteiger partial charge in [0.25, 0.3) is 5.91 Å². The molecule has 11 nitrogen and oxygen atoms in total. The Morgan fingerprint density at radius 1 is 1.13 bits per heavy atom. The van der Waals surface area contributed by atoms with Gasteiger partial charge in [0.15, 0.2) is 6.29 Å². The Bertz CT molecular complexity index is 1700. The van der Waals surface area contributed by atoms with Gasteiger partial charge in [-0.1, -0.05) is 0 Å². The minimum atomic E-state index is -0.389. The summed E-state index contributed by atoms with van der Waals surface area (Å²) in [5, 5.41) is 13.1. The predicted molar refractivity (Wildman–Crippen MR) is 147 cm³/mol. The van der Waals surface area contributed by atoms with Crippen LogP contribution in [0.25, 0.3) is 33.0 Å². The summed E-state index contributed by atoms with van der Waals surface area (Å²) >= 11 is 1.26. The molecule has 1 N–H and O–H groups in total. The van der Waals surface area contributed by atoms with Crippen LogP contribution >= 0.6 is 11.3 Å². The molecule has 0 aliphatic rings. The summed E-state index contributed by atoms with van der Waals surface area (Å²) in [5.74, 6) is 0.859. The topological polar surface area (TPSA) is 126 Å². The SMILES string of the molecule is CCn1nc(C)cc1-c1nc(-c2nc(C(=O)NCc3ccc(OC)cc3OC)cc3c2cnn3C)c(C=O)s1. The van der Waals surface area contributed by atoms with Crippen molar-refractivity contribution in [2.45, 2.75) is 26.9 Å². The number of carbonyl (C=O) groups excluding carboxylic acids is 2. The highest BCUT2D eigenvalue weighted by Crippen LogP contribution is 2.36. The first-order valence-electron chi connectivity index (χ1n) is 12.2. The lowest BCUT2D eigenvalue weighted by Gasteiger charge is -2.12. The van der Waals surface area contributed by atoms with Gasteiger partial charge in [0.2, 0.25) is 0 Å². The number of hydrogen-bond acceptors (Lipinski definition) is 9. The number of amides is 1. The van der Waals surface area contributed by atoms with Crippen LogP contribution in [0, 0.1) is 6.92 Å². The Kier molecular flexibility index (Phi) is 7.11. The lowest BCUT2D eigenvalue weighted by atomic mass is 10.1. The fourth-order valence-corrected chi connectivity index (χ4v) is 5.25. The van der Waals surface area contributed by atoms with Gasteiger partial charge in [-0.3, -0.25) is 19.0 Å². The number of nitrogens with zero attached hydrogens (tertiary/aromatic N) is 6. The molecule has 0 bridgehead atoms. The first kappa shape index (κ1) is 26.0. The highest BCUT2D eigenvalue weighted by Gasteiger charge is 2.23. The number of rotatable bonds is 9. The molecule has 0 aliphatic carbocycles. The first-order chi connectivity index (χ1) is 18.9. The standard InChI is InChI=1S/C27H27N7O4S/c1-6-34-21(9-15(2)32-34)27-31-25(23(14-35)39-27)24-18-13-29-33(3)20(18)11-19(30-24)26(36)28-12-16-7-8-17(37-4)10-22(16)38-5/h7-11,13-14H,6,12H2,1-5H3,(H,28,36). The molecule has 1 amide bonds. The van der Waals surface area contributed by atoms with Crippen molar-refractivity contribution < 1.29 is 19.1 Å². The molecule has 200 valence electrons. The zero-order chi connectivity index (χ0) is 27.7. The van der Waals surface area contributed by atoms with E-state index in [-0.39, 0.29) is 18.1 Å². The summed E-state index contributed by atoms with van der Waals surface area (Å²) in [6, 6.07) is 9.00. The molecule has 4 aromatic heterocycles. The minimum absolute atomic E-state index is 0.175. The maximum Gasteiger partial charge on any atom is 0.270 e. The second-order valence-electron chi connectivity index (χ2n) is 8.75. The van der Waals surface area contributed by atoms with E-state index in [0.717, 1.165) is 23.2 Å². The maximum absolute atomic E-state index is 13.3. The van der Waals surface area contributed by atoms with Gasteiger partial charge in [-0.2, -0.15) is 10.2 Å². The molecule has 5 aromatic rings. The van der Waals surface area contributed by atoms with Crippen LogP contribution in [0.4, 0.5) is 0 Å². The van der Waals surface area contributed by atoms with Crippen LogP contribution in [-0.2, 0) is 20.1 Å². The molecule has 0 radical (unpaired) electrons. The molecule has 0 saturated heterocycles. The summed E-state index contributed by atoms with van der Waals surface area (Å²) in [7, 11) is 4.92. The zero-order valence-corrected chi connectivity index (χ0v) is 23.0. The van der Waals surface area contributed by atoms with Gasteiger partial charge in [0, 0.05) is 37.2 Å². The number of hydrogen-bond donors (Lipinski definition) is 1. The van der Waals surface area contributed by atoms with Crippen molar-refractivity contribution in [1.82, 2.24) is 34.8 Å². The average molecular weight is 546 g/mol. The largest absolute Gasteiger partial charge is 0.497 e. The van der Waals surface area contributed by atoms with Crippen LogP contribution in [0.3, 0.4) is 0 Å². The lowest BCUT2D eigenvalue weighted by molar-refractivity contribution is 0.0945. The molecule has 0 aliphatic heterocycles. The predicted octanol–water partition coefficient (Wildman–Crippen LogP) is 4.04. The van der Waals surface area contributed by atoms with E-state index in [9.17, 15) is 9.59 Å². The highest BCUT2D eigenvalue weighted by molar-refractivity contribution is 7.17. The van der Waals surface area contributed by atoms with Crippen LogP contribution in [0.15, 0.2) is 36.5 Å². The number of thiazole rings is 1. The number of benzene rings is 1. The van der Waals surface area contributed by atoms with Gasteiger partial charge in [0.05, 0.1) is 42.2 Å². The van der Waals surface area contributed by atoms with Gasteiger partial charge in [-0.15, -0.1) is 11.3 Å². The molecular weight excluding hydrogens is 518 g/mol. The van der Waals surface area contributed by atoms with Crippen molar-refractivity contribution >= 4 is 34.4 Å². The zero-order valence-electron chi connectivity index (χ0n) is 22.2. The maximum atomic E-state index is 13.3. The number of aryl methyl sites for hydroxylation is 3. The molecule has 0 fully saturated rings. The van der Waals surface area contributed by atoms with Crippen LogP contribution in [0.5, 0.6) is 11.5 Å². The normalized spacial score (nSPS) is 11.1. The molecule has 5 rings (SSSR count). The van der Waals surface area contributed by atoms with Gasteiger partial charge in [0.1, 0.15) is 33.6 Å². The van der Waals surface area contributed by atoms with Crippen molar-refractivity contribution in [3.63, 3.8) is 0 Å². The van der Waals surface area contributed by atoms with Crippen LogP contribution < -0.4 is 14.8 Å². The summed E-state index contributed by atoms with van der Waals surface area (Å²) in [6.07, 6.45) is 2.43. The third kappa shape index (κ3) is 4.86. The Labute approximate surface area is 228 Å². The molecule has 4 heterocycles. The third-order valence-corrected chi connectivity index (χ3v) is 7.32. The first-order valence-corrected chi connectivity index (χ1v) is 13.0. The molecule has 0 unspecified atom stereocenters. The summed E-state index contributed by atoms with van der Waals surface area (Å²) in [5.41, 5.74) is 4.13. The van der Waals surface area contributed by atoms with Crippen molar-refractivity contribution in [2.75, 3.05) is 14.2 Å². The van der Waals surface area contributed by atoms with E-state index in [1.807, 2.05) is 30.7 Å². The second kappa shape index (κ2) is 10.7. The van der Waals surface area contributed by atoms with Gasteiger partial charge < -0.3 is 14.8 Å². The average Bonchev–Trinajstić information content (AvgIpc) is 3.67. The smallest absolute Gasteiger partial charge is 0.270 e. The van der Waals surface area contributed by atoms with Gasteiger partial charge >= 0.3 is 0 Å². The molecule has 0 spiro atoms. The number of methoxy groups -OCH3 is 2. The minimum Gasteiger partial charge on any atom is -0.497 e. The molecule has 1 aromatic carbocycles. The Hall–Kier alpha value is -4.58.